The smallest absolute Gasteiger partial charge is 0.114 e. The van der Waals surface area contributed by atoms with Gasteiger partial charge in [-0.15, -0.1) is 11.3 Å². The predicted octanol–water partition coefficient (Wildman–Crippen LogP) is 4.59. The summed E-state index contributed by atoms with van der Waals surface area (Å²) >= 11 is 4.00. The Morgan fingerprint density at radius 2 is 1.61 bits per heavy atom. The van der Waals surface area contributed by atoms with E-state index < -0.39 is 6.10 Å². The lowest BCUT2D eigenvalue weighted by atomic mass is 10.1. The maximum absolute atomic E-state index is 10.5. The van der Waals surface area contributed by atoms with Crippen molar-refractivity contribution in [3.8, 4) is 0 Å². The highest BCUT2D eigenvalue weighted by Gasteiger charge is 2.18. The lowest BCUT2D eigenvalue weighted by Gasteiger charge is -2.09. The molecule has 0 fully saturated rings. The Balaban J connectivity index is 2.12. The second-order valence-electron chi connectivity index (χ2n) is 4.09. The van der Waals surface area contributed by atoms with E-state index in [1.54, 1.807) is 11.3 Å². The van der Waals surface area contributed by atoms with Crippen molar-refractivity contribution in [3.05, 3.63) is 68.6 Å². The molecule has 1 heterocycles. The van der Waals surface area contributed by atoms with Crippen LogP contribution < -0.4 is 0 Å². The molecular formula is C15H11IOS. The number of rotatable bonds is 2. The first-order valence-electron chi connectivity index (χ1n) is 5.67. The molecule has 2 aromatic carbocycles. The third kappa shape index (κ3) is 2.06. The topological polar surface area (TPSA) is 20.2 Å². The zero-order valence-corrected chi connectivity index (χ0v) is 12.5. The molecule has 0 saturated heterocycles. The summed E-state index contributed by atoms with van der Waals surface area (Å²) in [6.07, 6.45) is -0.532. The zero-order chi connectivity index (χ0) is 12.5. The van der Waals surface area contributed by atoms with Gasteiger partial charge in [-0.25, -0.2) is 0 Å². The van der Waals surface area contributed by atoms with E-state index in [2.05, 4.69) is 34.7 Å². The van der Waals surface area contributed by atoms with Crippen LogP contribution in [0.2, 0.25) is 0 Å². The molecular weight excluding hydrogens is 355 g/mol. The van der Waals surface area contributed by atoms with Crippen LogP contribution in [0.5, 0.6) is 0 Å². The first-order chi connectivity index (χ1) is 8.77. The Labute approximate surface area is 123 Å². The van der Waals surface area contributed by atoms with Gasteiger partial charge in [0.15, 0.2) is 0 Å². The van der Waals surface area contributed by atoms with Crippen LogP contribution in [-0.2, 0) is 0 Å². The molecule has 0 aliphatic rings. The van der Waals surface area contributed by atoms with Gasteiger partial charge < -0.3 is 5.11 Å². The average Bonchev–Trinajstić information content (AvgIpc) is 2.77. The van der Waals surface area contributed by atoms with Gasteiger partial charge in [0.2, 0.25) is 0 Å². The standard InChI is InChI=1S/C15H11IOS/c16-13-11-8-4-5-9-12(11)18-15(13)14(17)10-6-2-1-3-7-10/h1-9,14,17H. The minimum Gasteiger partial charge on any atom is -0.383 e. The average molecular weight is 366 g/mol. The van der Waals surface area contributed by atoms with E-state index >= 15 is 0 Å². The maximum Gasteiger partial charge on any atom is 0.114 e. The number of benzene rings is 2. The van der Waals surface area contributed by atoms with E-state index in [0.717, 1.165) is 14.0 Å². The second-order valence-corrected chi connectivity index (χ2v) is 6.25. The molecule has 0 bridgehead atoms. The van der Waals surface area contributed by atoms with E-state index in [0.29, 0.717) is 0 Å². The van der Waals surface area contributed by atoms with E-state index in [4.69, 9.17) is 0 Å². The maximum atomic E-state index is 10.5. The van der Waals surface area contributed by atoms with Gasteiger partial charge >= 0.3 is 0 Å². The highest BCUT2D eigenvalue weighted by Crippen LogP contribution is 2.38. The molecule has 0 aliphatic carbocycles. The summed E-state index contributed by atoms with van der Waals surface area (Å²) in [6.45, 7) is 0. The highest BCUT2D eigenvalue weighted by atomic mass is 127. The fraction of sp³-hybridized carbons (Fsp3) is 0.0667. The van der Waals surface area contributed by atoms with Crippen LogP contribution in [0.15, 0.2) is 54.6 Å². The molecule has 0 saturated carbocycles. The van der Waals surface area contributed by atoms with Crippen molar-refractivity contribution in [1.82, 2.24) is 0 Å². The normalized spacial score (nSPS) is 12.8. The predicted molar refractivity (Wildman–Crippen MR) is 85.0 cm³/mol. The van der Waals surface area contributed by atoms with Crippen molar-refractivity contribution < 1.29 is 5.11 Å². The third-order valence-corrected chi connectivity index (χ3v) is 5.67. The molecule has 1 N–H and O–H groups in total. The lowest BCUT2D eigenvalue weighted by molar-refractivity contribution is 0.223. The van der Waals surface area contributed by atoms with Crippen LogP contribution in [0.4, 0.5) is 0 Å². The van der Waals surface area contributed by atoms with Crippen molar-refractivity contribution in [2.45, 2.75) is 6.10 Å². The number of fused-ring (bicyclic) bond motifs is 1. The first-order valence-corrected chi connectivity index (χ1v) is 7.57. The first kappa shape index (κ1) is 12.1. The molecule has 1 unspecified atom stereocenters. The molecule has 1 nitrogen and oxygen atoms in total. The molecule has 3 rings (SSSR count). The van der Waals surface area contributed by atoms with Gasteiger partial charge in [0.1, 0.15) is 6.10 Å². The van der Waals surface area contributed by atoms with Gasteiger partial charge in [-0.1, -0.05) is 48.5 Å². The Bertz CT molecular complexity index is 675. The minimum atomic E-state index is -0.532. The molecule has 18 heavy (non-hydrogen) atoms. The summed E-state index contributed by atoms with van der Waals surface area (Å²) in [7, 11) is 0. The number of thiophene rings is 1. The van der Waals surface area contributed by atoms with Gasteiger partial charge in [0.25, 0.3) is 0 Å². The molecule has 0 amide bonds. The monoisotopic (exact) mass is 366 g/mol. The number of hydrogen-bond donors (Lipinski definition) is 1. The van der Waals surface area contributed by atoms with Gasteiger partial charge in [-0.05, 0) is 34.2 Å². The molecule has 0 spiro atoms. The molecule has 3 heteroatoms. The van der Waals surface area contributed by atoms with Gasteiger partial charge in [-0.2, -0.15) is 0 Å². The van der Waals surface area contributed by atoms with Gasteiger partial charge in [0.05, 0.1) is 4.88 Å². The molecule has 90 valence electrons. The van der Waals surface area contributed by atoms with Crippen molar-refractivity contribution in [2.24, 2.45) is 0 Å². The van der Waals surface area contributed by atoms with Crippen LogP contribution in [-0.4, -0.2) is 5.11 Å². The lowest BCUT2D eigenvalue weighted by Crippen LogP contribution is -1.98. The van der Waals surface area contributed by atoms with E-state index in [1.807, 2.05) is 42.5 Å². The summed E-state index contributed by atoms with van der Waals surface area (Å²) in [6, 6.07) is 18.1. The number of aliphatic hydroxyl groups is 1. The minimum absolute atomic E-state index is 0.532. The zero-order valence-electron chi connectivity index (χ0n) is 9.51. The molecule has 3 aromatic rings. The van der Waals surface area contributed by atoms with E-state index in [9.17, 15) is 5.11 Å². The number of halogens is 1. The fourth-order valence-corrected chi connectivity index (χ4v) is 4.38. The van der Waals surface area contributed by atoms with Crippen LogP contribution in [0.1, 0.15) is 16.5 Å². The third-order valence-electron chi connectivity index (χ3n) is 2.92. The molecule has 1 aromatic heterocycles. The summed E-state index contributed by atoms with van der Waals surface area (Å²) in [5.41, 5.74) is 0.946. The van der Waals surface area contributed by atoms with Crippen LogP contribution in [0.25, 0.3) is 10.1 Å². The Morgan fingerprint density at radius 3 is 2.33 bits per heavy atom. The van der Waals surface area contributed by atoms with Crippen molar-refractivity contribution >= 4 is 44.0 Å². The van der Waals surface area contributed by atoms with Crippen molar-refractivity contribution in [3.63, 3.8) is 0 Å². The number of aliphatic hydroxyl groups excluding tert-OH is 1. The largest absolute Gasteiger partial charge is 0.383 e. The Morgan fingerprint density at radius 1 is 0.944 bits per heavy atom. The molecule has 0 aliphatic heterocycles. The molecule has 1 atom stereocenters. The van der Waals surface area contributed by atoms with Crippen LogP contribution in [0.3, 0.4) is 0 Å². The summed E-state index contributed by atoms with van der Waals surface area (Å²) in [4.78, 5) is 1.03. The summed E-state index contributed by atoms with van der Waals surface area (Å²) < 4.78 is 2.39. The van der Waals surface area contributed by atoms with E-state index in [1.165, 1.54) is 10.1 Å². The quantitative estimate of drug-likeness (QED) is 0.658. The molecule has 0 radical (unpaired) electrons. The SMILES string of the molecule is OC(c1ccccc1)c1sc2ccccc2c1I. The van der Waals surface area contributed by atoms with Crippen molar-refractivity contribution in [2.75, 3.05) is 0 Å². The van der Waals surface area contributed by atoms with Crippen molar-refractivity contribution in [1.29, 1.82) is 0 Å². The summed E-state index contributed by atoms with van der Waals surface area (Å²) in [5.74, 6) is 0. The van der Waals surface area contributed by atoms with Crippen LogP contribution in [0, 0.1) is 3.57 Å². The second kappa shape index (κ2) is 4.99. The van der Waals surface area contributed by atoms with Gasteiger partial charge in [0, 0.05) is 13.7 Å². The fourth-order valence-electron chi connectivity index (χ4n) is 2.00. The van der Waals surface area contributed by atoms with Crippen LogP contribution >= 0.6 is 33.9 Å². The highest BCUT2D eigenvalue weighted by molar-refractivity contribution is 14.1. The Kier molecular flexibility index (Phi) is 3.37. The number of hydrogen-bond acceptors (Lipinski definition) is 2. The van der Waals surface area contributed by atoms with E-state index in [-0.39, 0.29) is 0 Å². The van der Waals surface area contributed by atoms with Gasteiger partial charge in [-0.3, -0.25) is 0 Å². The Hall–Kier alpha value is -0.910. The summed E-state index contributed by atoms with van der Waals surface area (Å²) in [5, 5.41) is 11.7.